The van der Waals surface area contributed by atoms with Gasteiger partial charge in [0.15, 0.2) is 22.9 Å². The zero-order chi connectivity index (χ0) is 28.3. The van der Waals surface area contributed by atoms with E-state index in [0.717, 1.165) is 5.56 Å². The first-order valence-electron chi connectivity index (χ1n) is 13.3. The second-order valence-corrected chi connectivity index (χ2v) is 9.70. The molecule has 1 aromatic heterocycles. The first kappa shape index (κ1) is 26.0. The van der Waals surface area contributed by atoms with Crippen LogP contribution in [0.2, 0.25) is 0 Å². The molecule has 6 rings (SSSR count). The lowest BCUT2D eigenvalue weighted by atomic mass is 9.94. The second-order valence-electron chi connectivity index (χ2n) is 9.70. The van der Waals surface area contributed by atoms with E-state index in [0.29, 0.717) is 40.2 Å². The predicted octanol–water partition coefficient (Wildman–Crippen LogP) is 7.05. The topological polar surface area (TPSA) is 89.2 Å². The third-order valence-electron chi connectivity index (χ3n) is 7.14. The van der Waals surface area contributed by atoms with Crippen LogP contribution in [0.5, 0.6) is 17.2 Å². The summed E-state index contributed by atoms with van der Waals surface area (Å²) in [6.45, 7) is 0.284. The van der Waals surface area contributed by atoms with Gasteiger partial charge in [-0.25, -0.2) is 0 Å². The summed E-state index contributed by atoms with van der Waals surface area (Å²) >= 11 is 0. The molecule has 7 heteroatoms. The molecule has 4 aromatic carbocycles. The third kappa shape index (κ3) is 5.05. The van der Waals surface area contributed by atoms with Crippen molar-refractivity contribution in [1.82, 2.24) is 4.90 Å². The van der Waals surface area contributed by atoms with Crippen molar-refractivity contribution in [3.63, 3.8) is 0 Å². The lowest BCUT2D eigenvalue weighted by Crippen LogP contribution is -2.33. The summed E-state index contributed by atoms with van der Waals surface area (Å²) in [5.41, 5.74) is 2.03. The molecule has 1 atom stereocenters. The maximum atomic E-state index is 14.0. The molecule has 0 aliphatic carbocycles. The van der Waals surface area contributed by atoms with Crippen molar-refractivity contribution in [3.8, 4) is 17.2 Å². The third-order valence-corrected chi connectivity index (χ3v) is 7.14. The summed E-state index contributed by atoms with van der Waals surface area (Å²) in [6, 6.07) is 32.4. The quantitative estimate of drug-likeness (QED) is 0.200. The van der Waals surface area contributed by atoms with E-state index in [1.807, 2.05) is 66.7 Å². The van der Waals surface area contributed by atoms with Crippen LogP contribution in [0.4, 0.5) is 0 Å². The Morgan fingerprint density at radius 3 is 2.34 bits per heavy atom. The number of carbonyl (C=O) groups excluding carboxylic acids is 2. The number of nitrogens with zero attached hydrogens (tertiary/aromatic N) is 1. The minimum absolute atomic E-state index is 0.00505. The zero-order valence-corrected chi connectivity index (χ0v) is 22.3. The number of aliphatic hydroxyl groups excluding tert-OH is 1. The molecule has 0 saturated heterocycles. The van der Waals surface area contributed by atoms with Crippen LogP contribution in [0.1, 0.15) is 27.7 Å². The minimum Gasteiger partial charge on any atom is -0.503 e. The van der Waals surface area contributed by atoms with E-state index in [1.54, 1.807) is 42.5 Å². The van der Waals surface area contributed by atoms with Crippen LogP contribution < -0.4 is 9.47 Å². The fourth-order valence-corrected chi connectivity index (χ4v) is 5.17. The summed E-state index contributed by atoms with van der Waals surface area (Å²) < 4.78 is 17.4. The molecule has 2 heterocycles. The Hall–Kier alpha value is -5.30. The number of benzene rings is 4. The van der Waals surface area contributed by atoms with Crippen LogP contribution in [-0.4, -0.2) is 35.4 Å². The highest BCUT2D eigenvalue weighted by molar-refractivity contribution is 6.16. The molecular weight excluding hydrogens is 518 g/mol. The van der Waals surface area contributed by atoms with E-state index in [2.05, 4.69) is 0 Å². The molecule has 1 aliphatic heterocycles. The average molecular weight is 546 g/mol. The number of hydrogen-bond donors (Lipinski definition) is 1. The SMILES string of the molecule is COc1cccc2cc(C(=O)C3=C(O)C(=O)N(CCc4ccccc4)C3c3cccc(Oc4ccccc4)c3)oc12. The van der Waals surface area contributed by atoms with Crippen molar-refractivity contribution in [2.75, 3.05) is 13.7 Å². The Balaban J connectivity index is 1.40. The highest BCUT2D eigenvalue weighted by Crippen LogP contribution is 2.41. The van der Waals surface area contributed by atoms with Crippen molar-refractivity contribution < 1.29 is 28.6 Å². The summed E-state index contributed by atoms with van der Waals surface area (Å²) in [5, 5.41) is 11.8. The molecule has 0 radical (unpaired) electrons. The summed E-state index contributed by atoms with van der Waals surface area (Å²) in [6.07, 6.45) is 0.542. The Morgan fingerprint density at radius 2 is 1.59 bits per heavy atom. The molecule has 1 aliphatic rings. The molecule has 1 amide bonds. The Bertz CT molecular complexity index is 1760. The number of ether oxygens (including phenoxy) is 2. The summed E-state index contributed by atoms with van der Waals surface area (Å²) in [4.78, 5) is 29.0. The van der Waals surface area contributed by atoms with Gasteiger partial charge < -0.3 is 23.9 Å². The number of fused-ring (bicyclic) bond motifs is 1. The largest absolute Gasteiger partial charge is 0.503 e. The van der Waals surface area contributed by atoms with Crippen molar-refractivity contribution in [3.05, 3.63) is 137 Å². The maximum Gasteiger partial charge on any atom is 0.290 e. The van der Waals surface area contributed by atoms with Crippen molar-refractivity contribution >= 4 is 22.7 Å². The fraction of sp³-hybridized carbons (Fsp3) is 0.118. The van der Waals surface area contributed by atoms with Gasteiger partial charge in [0.2, 0.25) is 5.78 Å². The molecule has 204 valence electrons. The number of para-hydroxylation sites is 2. The van der Waals surface area contributed by atoms with Crippen molar-refractivity contribution in [2.45, 2.75) is 12.5 Å². The van der Waals surface area contributed by atoms with Gasteiger partial charge in [-0.05, 0) is 53.9 Å². The lowest BCUT2D eigenvalue weighted by Gasteiger charge is -2.27. The number of carbonyl (C=O) groups is 2. The van der Waals surface area contributed by atoms with Crippen LogP contribution in [-0.2, 0) is 11.2 Å². The second kappa shape index (κ2) is 11.1. The lowest BCUT2D eigenvalue weighted by molar-refractivity contribution is -0.129. The maximum absolute atomic E-state index is 14.0. The number of hydrogen-bond acceptors (Lipinski definition) is 6. The van der Waals surface area contributed by atoms with E-state index >= 15 is 0 Å². The first-order valence-corrected chi connectivity index (χ1v) is 13.3. The van der Waals surface area contributed by atoms with Crippen LogP contribution in [0.3, 0.4) is 0 Å². The fourth-order valence-electron chi connectivity index (χ4n) is 5.17. The summed E-state index contributed by atoms with van der Waals surface area (Å²) in [7, 11) is 1.52. The standard InChI is InChI=1S/C34H27NO6/c1-39-27-17-9-13-24-21-28(41-33(24)27)31(36)29-30(23-12-8-16-26(20-23)40-25-14-6-3-7-15-25)35(34(38)32(29)37)19-18-22-10-4-2-5-11-22/h2-17,20-21,30,37H,18-19H2,1H3. The molecule has 41 heavy (non-hydrogen) atoms. The van der Waals surface area contributed by atoms with Crippen LogP contribution in [0.15, 0.2) is 125 Å². The minimum atomic E-state index is -0.854. The molecule has 5 aromatic rings. The Labute approximate surface area is 236 Å². The molecule has 0 spiro atoms. The smallest absolute Gasteiger partial charge is 0.290 e. The van der Waals surface area contributed by atoms with Gasteiger partial charge in [0.05, 0.1) is 18.7 Å². The van der Waals surface area contributed by atoms with Gasteiger partial charge in [-0.15, -0.1) is 0 Å². The van der Waals surface area contributed by atoms with E-state index in [1.165, 1.54) is 12.0 Å². The van der Waals surface area contributed by atoms with Crippen molar-refractivity contribution in [1.29, 1.82) is 0 Å². The van der Waals surface area contributed by atoms with Gasteiger partial charge in [0.1, 0.15) is 11.5 Å². The Morgan fingerprint density at radius 1 is 0.878 bits per heavy atom. The van der Waals surface area contributed by atoms with Crippen LogP contribution in [0.25, 0.3) is 11.0 Å². The number of aliphatic hydroxyl groups is 1. The van der Waals surface area contributed by atoms with Crippen LogP contribution >= 0.6 is 0 Å². The highest BCUT2D eigenvalue weighted by Gasteiger charge is 2.44. The van der Waals surface area contributed by atoms with Gasteiger partial charge in [-0.1, -0.05) is 72.8 Å². The van der Waals surface area contributed by atoms with Crippen LogP contribution in [0, 0.1) is 0 Å². The number of rotatable bonds is 9. The molecule has 0 fully saturated rings. The van der Waals surface area contributed by atoms with E-state index < -0.39 is 23.5 Å². The average Bonchev–Trinajstić information content (AvgIpc) is 3.56. The zero-order valence-electron chi connectivity index (χ0n) is 22.3. The molecule has 1 N–H and O–H groups in total. The normalized spacial score (nSPS) is 15.0. The van der Waals surface area contributed by atoms with Gasteiger partial charge >= 0.3 is 0 Å². The molecule has 7 nitrogen and oxygen atoms in total. The number of Topliss-reactive ketones (excluding diaryl/α,β-unsaturated/α-hetero) is 1. The first-order chi connectivity index (χ1) is 20.0. The van der Waals surface area contributed by atoms with E-state index in [-0.39, 0.29) is 17.9 Å². The highest BCUT2D eigenvalue weighted by atomic mass is 16.5. The van der Waals surface area contributed by atoms with Gasteiger partial charge in [-0.3, -0.25) is 9.59 Å². The molecule has 0 bridgehead atoms. The van der Waals surface area contributed by atoms with Gasteiger partial charge in [-0.2, -0.15) is 0 Å². The number of methoxy groups -OCH3 is 1. The predicted molar refractivity (Wildman–Crippen MR) is 154 cm³/mol. The van der Waals surface area contributed by atoms with Gasteiger partial charge in [0.25, 0.3) is 5.91 Å². The number of amides is 1. The van der Waals surface area contributed by atoms with Crippen molar-refractivity contribution in [2.24, 2.45) is 0 Å². The summed E-state index contributed by atoms with van der Waals surface area (Å²) in [5.74, 6) is -0.0998. The molecule has 0 saturated carbocycles. The molecular formula is C34H27NO6. The molecule has 1 unspecified atom stereocenters. The van der Waals surface area contributed by atoms with E-state index in [4.69, 9.17) is 13.9 Å². The Kier molecular flexibility index (Phi) is 7.00. The number of ketones is 1. The van der Waals surface area contributed by atoms with E-state index in [9.17, 15) is 14.7 Å². The monoisotopic (exact) mass is 545 g/mol. The van der Waals surface area contributed by atoms with Gasteiger partial charge in [0, 0.05) is 11.9 Å². The number of furan rings is 1.